The average molecular weight is 473 g/mol. The van der Waals surface area contributed by atoms with Gasteiger partial charge in [0.15, 0.2) is 0 Å². The molecule has 1 fully saturated rings. The molecule has 0 N–H and O–H groups in total. The number of carbonyl (C=O) groups is 2. The molecule has 2 aromatic carbocycles. The fourth-order valence-electron chi connectivity index (χ4n) is 4.34. The van der Waals surface area contributed by atoms with Gasteiger partial charge in [0.1, 0.15) is 12.2 Å². The normalized spacial score (nSPS) is 15.8. The van der Waals surface area contributed by atoms with E-state index in [1.165, 1.54) is 0 Å². The van der Waals surface area contributed by atoms with Crippen molar-refractivity contribution in [1.82, 2.24) is 9.47 Å². The number of benzene rings is 2. The Morgan fingerprint density at radius 3 is 2.37 bits per heavy atom. The van der Waals surface area contributed by atoms with E-state index in [0.29, 0.717) is 19.5 Å². The van der Waals surface area contributed by atoms with Gasteiger partial charge in [-0.1, -0.05) is 55.1 Å². The molecular weight excluding hydrogens is 440 g/mol. The number of carbonyl (C=O) groups excluding carboxylic acids is 2. The molecule has 182 valence electrons. The zero-order valence-corrected chi connectivity index (χ0v) is 20.8. The van der Waals surface area contributed by atoms with Crippen LogP contribution in [-0.2, 0) is 16.1 Å². The monoisotopic (exact) mass is 472 g/mol. The summed E-state index contributed by atoms with van der Waals surface area (Å²) in [6.07, 6.45) is -0.142. The molecule has 0 unspecified atom stereocenters. The van der Waals surface area contributed by atoms with E-state index in [1.54, 1.807) is 9.47 Å². The molecule has 1 amide bonds. The molecule has 0 saturated carbocycles. The van der Waals surface area contributed by atoms with E-state index in [0.717, 1.165) is 38.9 Å². The third-order valence-corrected chi connectivity index (χ3v) is 6.03. The van der Waals surface area contributed by atoms with Crippen LogP contribution in [0.3, 0.4) is 0 Å². The molecule has 1 aromatic heterocycles. The highest BCUT2D eigenvalue weighted by atomic mass is 16.6. The van der Waals surface area contributed by atoms with Gasteiger partial charge in [0, 0.05) is 18.5 Å². The second-order valence-corrected chi connectivity index (χ2v) is 9.82. The van der Waals surface area contributed by atoms with Gasteiger partial charge >= 0.3 is 12.2 Å². The van der Waals surface area contributed by atoms with Crippen LogP contribution >= 0.6 is 0 Å². The summed E-state index contributed by atoms with van der Waals surface area (Å²) < 4.78 is 12.8. The standard InChI is InChI=1S/C29H32N2O4/c1-20-18-30(27(32)34-19-22-11-7-6-8-12-22)16-15-24(20)21(2)26-17-23-13-9-10-14-25(23)31(26)28(33)35-29(3,4)5/h6-14,17H,1,15-16,18-19H2,2-5H3/b24-21-. The van der Waals surface area contributed by atoms with Gasteiger partial charge in [-0.05, 0) is 68.5 Å². The lowest BCUT2D eigenvalue weighted by molar-refractivity contribution is 0.0543. The van der Waals surface area contributed by atoms with Crippen LogP contribution in [0.5, 0.6) is 0 Å². The molecule has 0 atom stereocenters. The molecule has 0 spiro atoms. The number of allylic oxidation sites excluding steroid dienone is 1. The number of piperidine rings is 1. The Bertz CT molecular complexity index is 1300. The highest BCUT2D eigenvalue weighted by Gasteiger charge is 2.27. The van der Waals surface area contributed by atoms with Crippen LogP contribution in [0.4, 0.5) is 9.59 Å². The summed E-state index contributed by atoms with van der Waals surface area (Å²) in [5.74, 6) is 0. The van der Waals surface area contributed by atoms with Gasteiger partial charge < -0.3 is 14.4 Å². The van der Waals surface area contributed by atoms with E-state index in [1.807, 2.05) is 88.4 Å². The Kier molecular flexibility index (Phi) is 6.83. The van der Waals surface area contributed by atoms with Crippen molar-refractivity contribution in [2.75, 3.05) is 13.1 Å². The van der Waals surface area contributed by atoms with Crippen molar-refractivity contribution in [2.24, 2.45) is 0 Å². The van der Waals surface area contributed by atoms with E-state index in [2.05, 4.69) is 6.58 Å². The van der Waals surface area contributed by atoms with Crippen LogP contribution in [0.1, 0.15) is 45.4 Å². The first kappa shape index (κ1) is 24.3. The first-order valence-corrected chi connectivity index (χ1v) is 11.8. The van der Waals surface area contributed by atoms with Crippen molar-refractivity contribution >= 4 is 28.7 Å². The Morgan fingerprint density at radius 2 is 1.69 bits per heavy atom. The van der Waals surface area contributed by atoms with Crippen LogP contribution in [0.15, 0.2) is 78.4 Å². The third-order valence-electron chi connectivity index (χ3n) is 6.03. The number of aromatic nitrogens is 1. The number of amides is 1. The SMILES string of the molecule is C=C1CN(C(=O)OCc2ccccc2)CC/C1=C(\C)c1cc2ccccc2n1C(=O)OC(C)(C)C. The topological polar surface area (TPSA) is 60.8 Å². The molecule has 6 nitrogen and oxygen atoms in total. The molecule has 6 heteroatoms. The maximum Gasteiger partial charge on any atom is 0.419 e. The predicted molar refractivity (Wildman–Crippen MR) is 138 cm³/mol. The minimum absolute atomic E-state index is 0.236. The molecular formula is C29H32N2O4. The van der Waals surface area contributed by atoms with Crippen molar-refractivity contribution < 1.29 is 19.1 Å². The van der Waals surface area contributed by atoms with Crippen molar-refractivity contribution in [3.8, 4) is 0 Å². The van der Waals surface area contributed by atoms with Gasteiger partial charge in [0.25, 0.3) is 0 Å². The van der Waals surface area contributed by atoms with E-state index in [4.69, 9.17) is 9.47 Å². The summed E-state index contributed by atoms with van der Waals surface area (Å²) in [6, 6.07) is 19.4. The van der Waals surface area contributed by atoms with Gasteiger partial charge in [-0.2, -0.15) is 0 Å². The number of rotatable bonds is 3. The van der Waals surface area contributed by atoms with Gasteiger partial charge in [0.05, 0.1) is 11.2 Å². The zero-order valence-electron chi connectivity index (χ0n) is 20.8. The average Bonchev–Trinajstić information content (AvgIpc) is 3.21. The van der Waals surface area contributed by atoms with Crippen LogP contribution in [0.2, 0.25) is 0 Å². The van der Waals surface area contributed by atoms with E-state index < -0.39 is 11.7 Å². The summed E-state index contributed by atoms with van der Waals surface area (Å²) >= 11 is 0. The molecule has 0 aliphatic carbocycles. The molecule has 1 saturated heterocycles. The van der Waals surface area contributed by atoms with Crippen LogP contribution in [-0.4, -0.2) is 40.3 Å². The van der Waals surface area contributed by atoms with E-state index >= 15 is 0 Å². The smallest absolute Gasteiger partial charge is 0.419 e. The minimum atomic E-state index is -0.615. The van der Waals surface area contributed by atoms with Crippen LogP contribution < -0.4 is 0 Å². The van der Waals surface area contributed by atoms with Crippen molar-refractivity contribution in [1.29, 1.82) is 0 Å². The summed E-state index contributed by atoms with van der Waals surface area (Å²) in [7, 11) is 0. The summed E-state index contributed by atoms with van der Waals surface area (Å²) in [5.41, 5.74) is 4.74. The number of ether oxygens (including phenoxy) is 2. The van der Waals surface area contributed by atoms with Gasteiger partial charge in [-0.3, -0.25) is 0 Å². The number of hydrogen-bond acceptors (Lipinski definition) is 4. The molecule has 1 aliphatic rings. The van der Waals surface area contributed by atoms with Gasteiger partial charge in [0.2, 0.25) is 0 Å². The Balaban J connectivity index is 1.56. The largest absolute Gasteiger partial charge is 0.445 e. The lowest BCUT2D eigenvalue weighted by Gasteiger charge is -2.30. The highest BCUT2D eigenvalue weighted by molar-refractivity contribution is 5.95. The molecule has 0 radical (unpaired) electrons. The Labute approximate surface area is 206 Å². The quantitative estimate of drug-likeness (QED) is 0.421. The number of likely N-dealkylation sites (tertiary alicyclic amines) is 1. The van der Waals surface area contributed by atoms with Gasteiger partial charge in [-0.25, -0.2) is 14.2 Å². The summed E-state index contributed by atoms with van der Waals surface area (Å²) in [5, 5.41) is 0.959. The Morgan fingerprint density at radius 1 is 1.00 bits per heavy atom. The van der Waals surface area contributed by atoms with Crippen molar-refractivity contribution in [3.05, 3.63) is 89.6 Å². The number of nitrogens with zero attached hydrogens (tertiary/aromatic N) is 2. The molecule has 4 rings (SSSR count). The highest BCUT2D eigenvalue weighted by Crippen LogP contribution is 2.33. The van der Waals surface area contributed by atoms with Gasteiger partial charge in [-0.15, -0.1) is 0 Å². The molecule has 0 bridgehead atoms. The maximum absolute atomic E-state index is 13.2. The molecule has 1 aliphatic heterocycles. The fourth-order valence-corrected chi connectivity index (χ4v) is 4.34. The molecule has 35 heavy (non-hydrogen) atoms. The predicted octanol–water partition coefficient (Wildman–Crippen LogP) is 6.80. The Hall–Kier alpha value is -3.80. The van der Waals surface area contributed by atoms with E-state index in [9.17, 15) is 9.59 Å². The molecule has 3 aromatic rings. The lowest BCUT2D eigenvalue weighted by atomic mass is 9.93. The van der Waals surface area contributed by atoms with Crippen molar-refractivity contribution in [3.63, 3.8) is 0 Å². The second-order valence-electron chi connectivity index (χ2n) is 9.82. The third kappa shape index (κ3) is 5.48. The zero-order chi connectivity index (χ0) is 25.2. The van der Waals surface area contributed by atoms with Crippen LogP contribution in [0, 0.1) is 0 Å². The number of para-hydroxylation sites is 1. The maximum atomic E-state index is 13.2. The van der Waals surface area contributed by atoms with E-state index in [-0.39, 0.29) is 12.7 Å². The number of fused-ring (bicyclic) bond motifs is 1. The first-order valence-electron chi connectivity index (χ1n) is 11.8. The van der Waals surface area contributed by atoms with Crippen LogP contribution in [0.25, 0.3) is 16.5 Å². The number of hydrogen-bond donors (Lipinski definition) is 0. The second kappa shape index (κ2) is 9.82. The first-order chi connectivity index (χ1) is 16.6. The van der Waals surface area contributed by atoms with Crippen molar-refractivity contribution in [2.45, 2.75) is 46.3 Å². The summed E-state index contributed by atoms with van der Waals surface area (Å²) in [4.78, 5) is 27.5. The lowest BCUT2D eigenvalue weighted by Crippen LogP contribution is -2.38. The minimum Gasteiger partial charge on any atom is -0.445 e. The fraction of sp³-hybridized carbons (Fsp3) is 0.310. The molecule has 2 heterocycles. The summed E-state index contributed by atoms with van der Waals surface area (Å²) in [6.45, 7) is 13.0.